The van der Waals surface area contributed by atoms with E-state index in [2.05, 4.69) is 10.5 Å². The molecule has 0 heterocycles. The number of hydrazone groups is 1. The van der Waals surface area contributed by atoms with Crippen LogP contribution in [-0.2, 0) is 0 Å². The smallest absolute Gasteiger partial charge is 0.336 e. The highest BCUT2D eigenvalue weighted by molar-refractivity contribution is 5.98. The highest BCUT2D eigenvalue weighted by Gasteiger charge is 2.19. The second kappa shape index (κ2) is 6.96. The van der Waals surface area contributed by atoms with Crippen molar-refractivity contribution in [2.75, 3.05) is 5.43 Å². The molecule has 24 heavy (non-hydrogen) atoms. The number of nitro benzene ring substituents is 2. The van der Waals surface area contributed by atoms with Crippen molar-refractivity contribution in [1.82, 2.24) is 0 Å². The van der Waals surface area contributed by atoms with Gasteiger partial charge in [0.05, 0.1) is 27.7 Å². The van der Waals surface area contributed by atoms with E-state index in [1.165, 1.54) is 18.3 Å². The monoisotopic (exact) mass is 330 g/mol. The van der Waals surface area contributed by atoms with E-state index in [-0.39, 0.29) is 11.3 Å². The molecule has 2 aromatic rings. The highest BCUT2D eigenvalue weighted by Crippen LogP contribution is 2.28. The fourth-order valence-electron chi connectivity index (χ4n) is 1.85. The molecule has 0 unspecified atom stereocenters. The zero-order valence-electron chi connectivity index (χ0n) is 11.9. The van der Waals surface area contributed by atoms with Crippen molar-refractivity contribution >= 4 is 29.2 Å². The first-order valence-electron chi connectivity index (χ1n) is 6.44. The minimum absolute atomic E-state index is 0.0150. The van der Waals surface area contributed by atoms with Crippen LogP contribution >= 0.6 is 0 Å². The van der Waals surface area contributed by atoms with Gasteiger partial charge in [-0.25, -0.2) is 4.79 Å². The van der Waals surface area contributed by atoms with Gasteiger partial charge < -0.3 is 5.11 Å². The molecule has 122 valence electrons. The fourth-order valence-corrected chi connectivity index (χ4v) is 1.85. The summed E-state index contributed by atoms with van der Waals surface area (Å²) in [5, 5.41) is 34.5. The Hall–Kier alpha value is -3.82. The molecular weight excluding hydrogens is 320 g/mol. The quantitative estimate of drug-likeness (QED) is 0.470. The van der Waals surface area contributed by atoms with Crippen molar-refractivity contribution in [3.8, 4) is 0 Å². The van der Waals surface area contributed by atoms with E-state index in [9.17, 15) is 25.0 Å². The Bertz CT molecular complexity index is 849. The van der Waals surface area contributed by atoms with Crippen molar-refractivity contribution in [3.05, 3.63) is 73.8 Å². The summed E-state index contributed by atoms with van der Waals surface area (Å²) >= 11 is 0. The van der Waals surface area contributed by atoms with Gasteiger partial charge in [-0.2, -0.15) is 5.10 Å². The SMILES string of the molecule is O=C(O)c1ccccc1/C=N\Nc1ccc([N+](=O)[O-])cc1[N+](=O)[O-]. The number of carboxylic acid groups (broad SMARTS) is 1. The van der Waals surface area contributed by atoms with E-state index in [0.29, 0.717) is 5.56 Å². The van der Waals surface area contributed by atoms with E-state index in [4.69, 9.17) is 5.11 Å². The van der Waals surface area contributed by atoms with Gasteiger partial charge in [0.15, 0.2) is 0 Å². The van der Waals surface area contributed by atoms with Crippen LogP contribution in [0, 0.1) is 20.2 Å². The predicted molar refractivity (Wildman–Crippen MR) is 84.4 cm³/mol. The summed E-state index contributed by atoms with van der Waals surface area (Å²) < 4.78 is 0. The normalized spacial score (nSPS) is 10.5. The van der Waals surface area contributed by atoms with Crippen molar-refractivity contribution in [1.29, 1.82) is 0 Å². The summed E-state index contributed by atoms with van der Waals surface area (Å²) in [6.07, 6.45) is 1.19. The molecular formula is C14H10N4O6. The highest BCUT2D eigenvalue weighted by atomic mass is 16.6. The fraction of sp³-hybridized carbons (Fsp3) is 0. The Morgan fingerprint density at radius 2 is 1.83 bits per heavy atom. The van der Waals surface area contributed by atoms with Crippen molar-refractivity contribution in [2.45, 2.75) is 0 Å². The topological polar surface area (TPSA) is 148 Å². The molecule has 10 nitrogen and oxygen atoms in total. The Kier molecular flexibility index (Phi) is 4.80. The van der Waals surface area contributed by atoms with Gasteiger partial charge in [0.25, 0.3) is 5.69 Å². The molecule has 0 spiro atoms. The lowest BCUT2D eigenvalue weighted by molar-refractivity contribution is -0.393. The summed E-state index contributed by atoms with van der Waals surface area (Å²) in [5.74, 6) is -1.14. The number of hydrogen-bond donors (Lipinski definition) is 2. The van der Waals surface area contributed by atoms with Gasteiger partial charge in [-0.1, -0.05) is 18.2 Å². The number of anilines is 1. The third-order valence-electron chi connectivity index (χ3n) is 2.97. The number of hydrogen-bond acceptors (Lipinski definition) is 7. The van der Waals surface area contributed by atoms with Crippen LogP contribution in [0.3, 0.4) is 0 Å². The maximum Gasteiger partial charge on any atom is 0.336 e. The van der Waals surface area contributed by atoms with Crippen LogP contribution in [0.25, 0.3) is 0 Å². The average Bonchev–Trinajstić information content (AvgIpc) is 2.55. The standard InChI is InChI=1S/C14H10N4O6/c19-14(20)11-4-2-1-3-9(11)8-15-16-12-6-5-10(17(21)22)7-13(12)18(23)24/h1-8,16H,(H,19,20)/b15-8-. The number of nitrogens with zero attached hydrogens (tertiary/aromatic N) is 3. The first kappa shape index (κ1) is 16.5. The van der Waals surface area contributed by atoms with Crippen LogP contribution < -0.4 is 5.43 Å². The van der Waals surface area contributed by atoms with Crippen molar-refractivity contribution < 1.29 is 19.7 Å². The lowest BCUT2D eigenvalue weighted by Gasteiger charge is -2.03. The number of nitrogens with one attached hydrogen (secondary N) is 1. The zero-order valence-corrected chi connectivity index (χ0v) is 11.9. The summed E-state index contributed by atoms with van der Waals surface area (Å²) in [5.41, 5.74) is 1.69. The number of carboxylic acids is 1. The molecule has 10 heteroatoms. The van der Waals surface area contributed by atoms with Crippen molar-refractivity contribution in [3.63, 3.8) is 0 Å². The largest absolute Gasteiger partial charge is 0.478 e. The molecule has 0 aliphatic rings. The second-order valence-electron chi connectivity index (χ2n) is 4.48. The first-order valence-corrected chi connectivity index (χ1v) is 6.44. The molecule has 0 aromatic heterocycles. The van der Waals surface area contributed by atoms with E-state index >= 15 is 0 Å². The number of non-ortho nitro benzene ring substituents is 1. The van der Waals surface area contributed by atoms with Crippen LogP contribution in [0.15, 0.2) is 47.6 Å². The molecule has 0 fully saturated rings. The molecule has 0 aliphatic heterocycles. The van der Waals surface area contributed by atoms with E-state index in [1.54, 1.807) is 12.1 Å². The Morgan fingerprint density at radius 1 is 1.12 bits per heavy atom. The summed E-state index contributed by atoms with van der Waals surface area (Å²) in [4.78, 5) is 31.2. The molecule has 0 amide bonds. The number of benzene rings is 2. The van der Waals surface area contributed by atoms with Gasteiger partial charge in [0.1, 0.15) is 5.69 Å². The van der Waals surface area contributed by atoms with Gasteiger partial charge in [-0.05, 0) is 12.1 Å². The summed E-state index contributed by atoms with van der Waals surface area (Å²) in [6, 6.07) is 9.12. The minimum Gasteiger partial charge on any atom is -0.478 e. The van der Waals surface area contributed by atoms with Crippen LogP contribution in [-0.4, -0.2) is 27.1 Å². The lowest BCUT2D eigenvalue weighted by Crippen LogP contribution is -2.03. The molecule has 2 N–H and O–H groups in total. The van der Waals surface area contributed by atoms with E-state index in [1.807, 2.05) is 0 Å². The molecule has 0 radical (unpaired) electrons. The van der Waals surface area contributed by atoms with E-state index in [0.717, 1.165) is 18.2 Å². The number of carbonyl (C=O) groups is 1. The first-order chi connectivity index (χ1) is 11.4. The third-order valence-corrected chi connectivity index (χ3v) is 2.97. The van der Waals surface area contributed by atoms with Crippen LogP contribution in [0.5, 0.6) is 0 Å². The van der Waals surface area contributed by atoms with Crippen LogP contribution in [0.4, 0.5) is 17.1 Å². The molecule has 0 saturated heterocycles. The molecule has 2 aromatic carbocycles. The maximum absolute atomic E-state index is 11.1. The molecule has 0 bridgehead atoms. The number of aromatic carboxylic acids is 1. The molecule has 0 aliphatic carbocycles. The predicted octanol–water partition coefficient (Wildman–Crippen LogP) is 2.65. The van der Waals surface area contributed by atoms with Gasteiger partial charge in [0, 0.05) is 11.6 Å². The number of rotatable bonds is 6. The second-order valence-corrected chi connectivity index (χ2v) is 4.48. The lowest BCUT2D eigenvalue weighted by atomic mass is 10.1. The van der Waals surface area contributed by atoms with E-state index < -0.39 is 27.2 Å². The van der Waals surface area contributed by atoms with Gasteiger partial charge in [-0.15, -0.1) is 0 Å². The van der Waals surface area contributed by atoms with Gasteiger partial charge >= 0.3 is 11.7 Å². The van der Waals surface area contributed by atoms with Gasteiger partial charge in [0.2, 0.25) is 0 Å². The Balaban J connectivity index is 2.28. The zero-order chi connectivity index (χ0) is 17.7. The minimum atomic E-state index is -1.14. The Labute approximate surface area is 134 Å². The third kappa shape index (κ3) is 3.68. The van der Waals surface area contributed by atoms with Gasteiger partial charge in [-0.3, -0.25) is 25.7 Å². The number of nitro groups is 2. The molecule has 0 saturated carbocycles. The summed E-state index contributed by atoms with van der Waals surface area (Å²) in [7, 11) is 0. The van der Waals surface area contributed by atoms with Crippen molar-refractivity contribution in [2.24, 2.45) is 5.10 Å². The molecule has 2 rings (SSSR count). The maximum atomic E-state index is 11.1. The van der Waals surface area contributed by atoms with Crippen LogP contribution in [0.1, 0.15) is 15.9 Å². The average molecular weight is 330 g/mol. The Morgan fingerprint density at radius 3 is 2.46 bits per heavy atom. The summed E-state index contributed by atoms with van der Waals surface area (Å²) in [6.45, 7) is 0. The van der Waals surface area contributed by atoms with Crippen LogP contribution in [0.2, 0.25) is 0 Å². The molecule has 0 atom stereocenters.